The maximum atomic E-state index is 12.1. The molecular formula is C24H19ClN2O4. The number of rotatable bonds is 7. The van der Waals surface area contributed by atoms with Crippen LogP contribution in [0, 0.1) is 0 Å². The van der Waals surface area contributed by atoms with Crippen molar-refractivity contribution in [2.45, 2.75) is 0 Å². The Labute approximate surface area is 184 Å². The molecule has 31 heavy (non-hydrogen) atoms. The first-order chi connectivity index (χ1) is 15.0. The fraction of sp³-hybridized carbons (Fsp3) is 0.0417. The SMILES string of the molecule is COc1cc(/C=N\NC(=O)c2cccc(Cl)c2)ccc1OC(=O)/C=C/c1ccccc1. The van der Waals surface area contributed by atoms with Crippen molar-refractivity contribution in [3.05, 3.63) is 101 Å². The van der Waals surface area contributed by atoms with Gasteiger partial charge in [-0.1, -0.05) is 48.0 Å². The van der Waals surface area contributed by atoms with Gasteiger partial charge >= 0.3 is 5.97 Å². The number of hydrogen-bond acceptors (Lipinski definition) is 5. The van der Waals surface area contributed by atoms with Crippen molar-refractivity contribution in [2.24, 2.45) is 5.10 Å². The average Bonchev–Trinajstić information content (AvgIpc) is 2.79. The molecule has 0 saturated heterocycles. The Balaban J connectivity index is 1.62. The van der Waals surface area contributed by atoms with E-state index >= 15 is 0 Å². The van der Waals surface area contributed by atoms with Gasteiger partial charge in [0.05, 0.1) is 13.3 Å². The standard InChI is InChI=1S/C24H19ClN2O4/c1-30-22-14-18(16-26-27-24(29)19-8-5-9-20(25)15-19)10-12-21(22)31-23(28)13-11-17-6-3-2-4-7-17/h2-16H,1H3,(H,27,29)/b13-11+,26-16-. The number of benzene rings is 3. The molecular weight excluding hydrogens is 416 g/mol. The third kappa shape index (κ3) is 6.55. The largest absolute Gasteiger partial charge is 0.493 e. The Morgan fingerprint density at radius 1 is 0.935 bits per heavy atom. The number of nitrogens with one attached hydrogen (secondary N) is 1. The van der Waals surface area contributed by atoms with E-state index in [1.54, 1.807) is 48.5 Å². The summed E-state index contributed by atoms with van der Waals surface area (Å²) in [7, 11) is 1.47. The van der Waals surface area contributed by atoms with E-state index in [0.717, 1.165) is 5.56 Å². The number of halogens is 1. The molecule has 0 bridgehead atoms. The van der Waals surface area contributed by atoms with E-state index < -0.39 is 5.97 Å². The second-order valence-corrected chi connectivity index (χ2v) is 6.72. The zero-order valence-electron chi connectivity index (χ0n) is 16.6. The van der Waals surface area contributed by atoms with Crippen LogP contribution in [0.4, 0.5) is 0 Å². The monoisotopic (exact) mass is 434 g/mol. The quantitative estimate of drug-likeness (QED) is 0.192. The van der Waals surface area contributed by atoms with Crippen LogP contribution in [0.25, 0.3) is 6.08 Å². The van der Waals surface area contributed by atoms with Gasteiger partial charge in [0.15, 0.2) is 11.5 Å². The first-order valence-electron chi connectivity index (χ1n) is 9.27. The lowest BCUT2D eigenvalue weighted by Gasteiger charge is -2.08. The summed E-state index contributed by atoms with van der Waals surface area (Å²) in [6.45, 7) is 0. The highest BCUT2D eigenvalue weighted by Gasteiger charge is 2.09. The van der Waals surface area contributed by atoms with Gasteiger partial charge in [-0.25, -0.2) is 10.2 Å². The first-order valence-corrected chi connectivity index (χ1v) is 9.65. The van der Waals surface area contributed by atoms with Crippen molar-refractivity contribution in [3.63, 3.8) is 0 Å². The highest BCUT2D eigenvalue weighted by Crippen LogP contribution is 2.27. The van der Waals surface area contributed by atoms with Gasteiger partial charge in [-0.3, -0.25) is 4.79 Å². The van der Waals surface area contributed by atoms with Crippen LogP contribution in [0.1, 0.15) is 21.5 Å². The summed E-state index contributed by atoms with van der Waals surface area (Å²) in [4.78, 5) is 24.2. The first kappa shape index (κ1) is 21.8. The highest BCUT2D eigenvalue weighted by molar-refractivity contribution is 6.30. The number of ether oxygens (including phenoxy) is 2. The summed E-state index contributed by atoms with van der Waals surface area (Å²) >= 11 is 5.88. The molecule has 0 aliphatic heterocycles. The number of esters is 1. The van der Waals surface area contributed by atoms with Gasteiger partial charge in [0.2, 0.25) is 0 Å². The van der Waals surface area contributed by atoms with Crippen LogP contribution in [0.15, 0.2) is 84.0 Å². The van der Waals surface area contributed by atoms with E-state index in [9.17, 15) is 9.59 Å². The van der Waals surface area contributed by atoms with Crippen molar-refractivity contribution in [1.29, 1.82) is 0 Å². The number of hydrazone groups is 1. The Kier molecular flexibility index (Phi) is 7.56. The molecule has 0 heterocycles. The van der Waals surface area contributed by atoms with Crippen LogP contribution in [0.3, 0.4) is 0 Å². The van der Waals surface area contributed by atoms with Gasteiger partial charge in [0.1, 0.15) is 0 Å². The fourth-order valence-electron chi connectivity index (χ4n) is 2.58. The molecule has 0 unspecified atom stereocenters. The van der Waals surface area contributed by atoms with E-state index in [1.165, 1.54) is 19.4 Å². The Morgan fingerprint density at radius 3 is 2.48 bits per heavy atom. The summed E-state index contributed by atoms with van der Waals surface area (Å²) in [5.74, 6) is -0.296. The molecule has 0 aromatic heterocycles. The lowest BCUT2D eigenvalue weighted by atomic mass is 10.2. The number of methoxy groups -OCH3 is 1. The highest BCUT2D eigenvalue weighted by atomic mass is 35.5. The third-order valence-electron chi connectivity index (χ3n) is 4.08. The van der Waals surface area contributed by atoms with E-state index in [1.807, 2.05) is 30.3 Å². The van der Waals surface area contributed by atoms with E-state index in [-0.39, 0.29) is 11.7 Å². The number of nitrogens with zero attached hydrogens (tertiary/aromatic N) is 1. The van der Waals surface area contributed by atoms with Crippen LogP contribution in [-0.4, -0.2) is 25.2 Å². The average molecular weight is 435 g/mol. The summed E-state index contributed by atoms with van der Waals surface area (Å²) in [5.41, 5.74) is 4.35. The minimum atomic E-state index is -0.530. The molecule has 6 nitrogen and oxygen atoms in total. The van der Waals surface area contributed by atoms with Crippen LogP contribution in [0.2, 0.25) is 5.02 Å². The smallest absolute Gasteiger partial charge is 0.336 e. The van der Waals surface area contributed by atoms with E-state index in [0.29, 0.717) is 21.9 Å². The van der Waals surface area contributed by atoms with Crippen molar-refractivity contribution in [1.82, 2.24) is 5.43 Å². The van der Waals surface area contributed by atoms with E-state index in [4.69, 9.17) is 21.1 Å². The number of carbonyl (C=O) groups is 2. The minimum absolute atomic E-state index is 0.269. The molecule has 0 atom stereocenters. The van der Waals surface area contributed by atoms with Gasteiger partial charge < -0.3 is 9.47 Å². The van der Waals surface area contributed by atoms with Crippen molar-refractivity contribution in [3.8, 4) is 11.5 Å². The maximum Gasteiger partial charge on any atom is 0.336 e. The van der Waals surface area contributed by atoms with Crippen LogP contribution < -0.4 is 14.9 Å². The summed E-state index contributed by atoms with van der Waals surface area (Å²) in [5, 5.41) is 4.40. The zero-order chi connectivity index (χ0) is 22.1. The van der Waals surface area contributed by atoms with Gasteiger partial charge in [-0.05, 0) is 53.6 Å². The second kappa shape index (κ2) is 10.8. The predicted octanol–water partition coefficient (Wildman–Crippen LogP) is 4.73. The molecule has 3 rings (SSSR count). The number of carbonyl (C=O) groups excluding carboxylic acids is 2. The van der Waals surface area contributed by atoms with Gasteiger partial charge in [0.25, 0.3) is 5.91 Å². The summed E-state index contributed by atoms with van der Waals surface area (Å²) in [6, 6.07) is 20.9. The topological polar surface area (TPSA) is 77.0 Å². The molecule has 7 heteroatoms. The Hall–Kier alpha value is -3.90. The zero-order valence-corrected chi connectivity index (χ0v) is 17.4. The predicted molar refractivity (Wildman–Crippen MR) is 121 cm³/mol. The molecule has 0 saturated carbocycles. The lowest BCUT2D eigenvalue weighted by Crippen LogP contribution is -2.17. The summed E-state index contributed by atoms with van der Waals surface area (Å²) < 4.78 is 10.6. The fourth-order valence-corrected chi connectivity index (χ4v) is 2.77. The third-order valence-corrected chi connectivity index (χ3v) is 4.31. The van der Waals surface area contributed by atoms with Crippen molar-refractivity contribution >= 4 is 35.8 Å². The van der Waals surface area contributed by atoms with Crippen molar-refractivity contribution < 1.29 is 19.1 Å². The molecule has 0 spiro atoms. The van der Waals surface area contributed by atoms with Gasteiger partial charge in [-0.15, -0.1) is 0 Å². The number of amides is 1. The summed E-state index contributed by atoms with van der Waals surface area (Å²) in [6.07, 6.45) is 4.46. The molecule has 3 aromatic rings. The maximum absolute atomic E-state index is 12.1. The molecule has 0 fully saturated rings. The molecule has 3 aromatic carbocycles. The van der Waals surface area contributed by atoms with Crippen molar-refractivity contribution in [2.75, 3.05) is 7.11 Å². The van der Waals surface area contributed by atoms with Crippen LogP contribution in [0.5, 0.6) is 11.5 Å². The van der Waals surface area contributed by atoms with Gasteiger partial charge in [-0.2, -0.15) is 5.10 Å². The normalized spacial score (nSPS) is 10.9. The Bertz CT molecular complexity index is 1130. The molecule has 1 N–H and O–H groups in total. The van der Waals surface area contributed by atoms with E-state index in [2.05, 4.69) is 10.5 Å². The van der Waals surface area contributed by atoms with Crippen LogP contribution >= 0.6 is 11.6 Å². The molecule has 0 radical (unpaired) electrons. The van der Waals surface area contributed by atoms with Crippen LogP contribution in [-0.2, 0) is 4.79 Å². The number of hydrogen-bond donors (Lipinski definition) is 1. The molecule has 156 valence electrons. The Morgan fingerprint density at radius 2 is 1.74 bits per heavy atom. The second-order valence-electron chi connectivity index (χ2n) is 6.28. The lowest BCUT2D eigenvalue weighted by molar-refractivity contribution is -0.129. The minimum Gasteiger partial charge on any atom is -0.493 e. The molecule has 1 amide bonds. The molecule has 0 aliphatic carbocycles. The van der Waals surface area contributed by atoms with Gasteiger partial charge in [0, 0.05) is 16.7 Å². The molecule has 0 aliphatic rings.